The van der Waals surface area contributed by atoms with E-state index in [1.807, 2.05) is 113 Å². The van der Waals surface area contributed by atoms with E-state index in [1.165, 1.54) is 0 Å². The number of aliphatic hydroxyl groups excluding tert-OH is 1. The van der Waals surface area contributed by atoms with Gasteiger partial charge in [0, 0.05) is 5.92 Å². The van der Waals surface area contributed by atoms with Crippen molar-refractivity contribution in [1.29, 1.82) is 0 Å². The zero-order valence-electron chi connectivity index (χ0n) is 29.6. The third-order valence-electron chi connectivity index (χ3n) is 9.95. The van der Waals surface area contributed by atoms with Crippen molar-refractivity contribution in [3.8, 4) is 5.75 Å². The number of rotatable bonds is 13. The molecule has 2 N–H and O–H groups in total. The predicted octanol–water partition coefficient (Wildman–Crippen LogP) is 4.40. The molecular weight excluding hydrogens is 660 g/mol. The molecule has 2 unspecified atom stereocenters. The van der Waals surface area contributed by atoms with E-state index in [2.05, 4.69) is 0 Å². The van der Waals surface area contributed by atoms with E-state index in [4.69, 9.17) is 47.7 Å². The molecule has 12 heteroatoms. The van der Waals surface area contributed by atoms with Gasteiger partial charge in [0.2, 0.25) is 6.29 Å². The first kappa shape index (κ1) is 36.4. The summed E-state index contributed by atoms with van der Waals surface area (Å²) in [6, 6.07) is 26.5. The van der Waals surface area contributed by atoms with E-state index in [9.17, 15) is 10.2 Å². The number of benzene rings is 3. The molecule has 0 radical (unpaired) electrons. The molecule has 0 spiro atoms. The molecule has 0 bridgehead atoms. The van der Waals surface area contributed by atoms with Crippen LogP contribution in [0.3, 0.4) is 0 Å². The van der Waals surface area contributed by atoms with Crippen LogP contribution in [-0.2, 0) is 56.1 Å². The van der Waals surface area contributed by atoms with Crippen LogP contribution in [-0.4, -0.2) is 96.7 Å². The topological polar surface area (TPSA) is 133 Å². The van der Waals surface area contributed by atoms with Gasteiger partial charge in [-0.05, 0) is 56.5 Å². The first-order valence-corrected chi connectivity index (χ1v) is 17.4. The third kappa shape index (κ3) is 7.59. The van der Waals surface area contributed by atoms with Crippen molar-refractivity contribution in [2.45, 2.75) is 113 Å². The average molecular weight is 709 g/mol. The highest BCUT2D eigenvalue weighted by molar-refractivity contribution is 5.35. The molecular formula is C39H48O12. The molecule has 7 rings (SSSR count). The van der Waals surface area contributed by atoms with Crippen molar-refractivity contribution in [2.24, 2.45) is 0 Å². The minimum Gasteiger partial charge on any atom is -0.497 e. The van der Waals surface area contributed by atoms with Crippen LogP contribution in [0.4, 0.5) is 0 Å². The van der Waals surface area contributed by atoms with E-state index in [0.717, 1.165) is 16.7 Å². The molecule has 3 aromatic rings. The standard InChI is InChI=1S/C39H48O12/c1-37(2)45-22-28(48-37)32-29(49-38(3,4)50-32)23-46-51-36-33(43-20-25-16-18-27(42-5)19-17-25)35(44-21-24-12-8-6-9-13-24)39(41)30(31(40)34(39)47-36)26-14-10-7-11-15-26/h6-19,28-36,40-41H,20-23H2,1-5H3/t28-,29+,30?,31?,32-,33+,34-,35-,36+,39-/m1/s1. The van der Waals surface area contributed by atoms with Crippen molar-refractivity contribution in [3.63, 3.8) is 0 Å². The smallest absolute Gasteiger partial charge is 0.220 e. The Balaban J connectivity index is 1.15. The Morgan fingerprint density at radius 3 is 2.12 bits per heavy atom. The molecule has 276 valence electrons. The fourth-order valence-electron chi connectivity index (χ4n) is 7.57. The van der Waals surface area contributed by atoms with Gasteiger partial charge in [0.1, 0.15) is 54.6 Å². The van der Waals surface area contributed by atoms with Crippen LogP contribution < -0.4 is 4.74 Å². The summed E-state index contributed by atoms with van der Waals surface area (Å²) in [5, 5.41) is 24.1. The number of aliphatic hydroxyl groups is 2. The summed E-state index contributed by atoms with van der Waals surface area (Å²) in [7, 11) is 1.61. The zero-order valence-corrected chi connectivity index (χ0v) is 29.6. The van der Waals surface area contributed by atoms with Crippen LogP contribution in [0.2, 0.25) is 0 Å². The molecule has 4 fully saturated rings. The van der Waals surface area contributed by atoms with Gasteiger partial charge in [0.05, 0.1) is 33.0 Å². The first-order valence-electron chi connectivity index (χ1n) is 17.4. The maximum Gasteiger partial charge on any atom is 0.220 e. The van der Waals surface area contributed by atoms with Crippen LogP contribution >= 0.6 is 0 Å². The highest BCUT2D eigenvalue weighted by Gasteiger charge is 2.72. The van der Waals surface area contributed by atoms with E-state index in [-0.39, 0.29) is 25.9 Å². The molecule has 3 heterocycles. The van der Waals surface area contributed by atoms with Crippen molar-refractivity contribution in [3.05, 3.63) is 102 Å². The molecule has 3 saturated heterocycles. The molecule has 1 saturated carbocycles. The molecule has 1 aliphatic carbocycles. The molecule has 51 heavy (non-hydrogen) atoms. The number of hydrogen-bond acceptors (Lipinski definition) is 12. The van der Waals surface area contributed by atoms with Gasteiger partial charge in [-0.3, -0.25) is 0 Å². The Morgan fingerprint density at radius 2 is 1.45 bits per heavy atom. The van der Waals surface area contributed by atoms with Crippen molar-refractivity contribution in [2.75, 3.05) is 20.3 Å². The van der Waals surface area contributed by atoms with Gasteiger partial charge >= 0.3 is 0 Å². The number of fused-ring (bicyclic) bond motifs is 1. The van der Waals surface area contributed by atoms with Gasteiger partial charge in [-0.15, -0.1) is 0 Å². The number of hydrogen-bond donors (Lipinski definition) is 2. The Hall–Kier alpha value is -2.98. The lowest BCUT2D eigenvalue weighted by Crippen LogP contribution is -2.81. The average Bonchev–Trinajstić information content (AvgIpc) is 3.65. The molecule has 4 aliphatic rings. The highest BCUT2D eigenvalue weighted by Crippen LogP contribution is 2.55. The minimum absolute atomic E-state index is 0.0425. The van der Waals surface area contributed by atoms with Crippen LogP contribution in [0.25, 0.3) is 0 Å². The van der Waals surface area contributed by atoms with Crippen molar-refractivity contribution < 1.29 is 57.9 Å². The summed E-state index contributed by atoms with van der Waals surface area (Å²) in [6.07, 6.45) is -6.80. The normalized spacial score (nSPS) is 35.2. The Morgan fingerprint density at radius 1 is 0.784 bits per heavy atom. The second kappa shape index (κ2) is 14.8. The Labute approximate surface area is 298 Å². The van der Waals surface area contributed by atoms with Crippen LogP contribution in [0, 0.1) is 0 Å². The minimum atomic E-state index is -1.68. The lowest BCUT2D eigenvalue weighted by atomic mass is 9.57. The molecule has 3 aliphatic heterocycles. The van der Waals surface area contributed by atoms with E-state index in [0.29, 0.717) is 12.4 Å². The lowest BCUT2D eigenvalue weighted by Gasteiger charge is -2.63. The van der Waals surface area contributed by atoms with E-state index in [1.54, 1.807) is 7.11 Å². The van der Waals surface area contributed by atoms with Crippen LogP contribution in [0.15, 0.2) is 84.9 Å². The maximum absolute atomic E-state index is 12.6. The lowest BCUT2D eigenvalue weighted by molar-refractivity contribution is -0.466. The van der Waals surface area contributed by atoms with E-state index < -0.39 is 66.0 Å². The summed E-state index contributed by atoms with van der Waals surface area (Å²) < 4.78 is 49.1. The first-order chi connectivity index (χ1) is 24.5. The summed E-state index contributed by atoms with van der Waals surface area (Å²) in [4.78, 5) is 11.9. The third-order valence-corrected chi connectivity index (χ3v) is 9.95. The summed E-state index contributed by atoms with van der Waals surface area (Å²) in [5.41, 5.74) is 0.821. The second-order valence-electron chi connectivity index (χ2n) is 14.4. The Kier molecular flexibility index (Phi) is 10.6. The zero-order chi connectivity index (χ0) is 35.8. The molecule has 0 aromatic heterocycles. The monoisotopic (exact) mass is 708 g/mol. The largest absolute Gasteiger partial charge is 0.497 e. The fraction of sp³-hybridized carbons (Fsp3) is 0.538. The van der Waals surface area contributed by atoms with Crippen LogP contribution in [0.1, 0.15) is 50.3 Å². The van der Waals surface area contributed by atoms with Gasteiger partial charge in [-0.2, -0.15) is 0 Å². The number of ether oxygens (including phenoxy) is 8. The predicted molar refractivity (Wildman–Crippen MR) is 181 cm³/mol. The molecule has 0 amide bonds. The maximum atomic E-state index is 12.6. The summed E-state index contributed by atoms with van der Waals surface area (Å²) in [6.45, 7) is 7.94. The van der Waals surface area contributed by atoms with Gasteiger partial charge in [-0.1, -0.05) is 72.8 Å². The van der Waals surface area contributed by atoms with Gasteiger partial charge in [0.25, 0.3) is 0 Å². The second-order valence-corrected chi connectivity index (χ2v) is 14.4. The van der Waals surface area contributed by atoms with Gasteiger partial charge in [-0.25, -0.2) is 9.78 Å². The SMILES string of the molecule is COc1ccc(CO[C@@H]2[C@H](OOC[C@@H]3OC(C)(C)O[C@@H]3[C@H]3COC(C)(C)O3)O[C@@H]3C(O)C(c4ccccc4)[C@]3(O)[C@@H]2OCc2ccccc2)cc1. The highest BCUT2D eigenvalue weighted by atomic mass is 17.2. The van der Waals surface area contributed by atoms with Crippen LogP contribution in [0.5, 0.6) is 5.75 Å². The fourth-order valence-corrected chi connectivity index (χ4v) is 7.57. The van der Waals surface area contributed by atoms with Gasteiger partial charge in [0.15, 0.2) is 11.6 Å². The van der Waals surface area contributed by atoms with Crippen molar-refractivity contribution in [1.82, 2.24) is 0 Å². The quantitative estimate of drug-likeness (QED) is 0.193. The molecule has 3 aromatic carbocycles. The summed E-state index contributed by atoms with van der Waals surface area (Å²) in [5.74, 6) is -1.65. The molecule has 12 nitrogen and oxygen atoms in total. The van der Waals surface area contributed by atoms with Gasteiger partial charge < -0.3 is 48.1 Å². The molecule has 10 atom stereocenters. The Bertz CT molecular complexity index is 1570. The van der Waals surface area contributed by atoms with Crippen molar-refractivity contribution >= 4 is 0 Å². The summed E-state index contributed by atoms with van der Waals surface area (Å²) >= 11 is 0. The number of methoxy groups -OCH3 is 1. The van der Waals surface area contributed by atoms with E-state index >= 15 is 0 Å².